The molecule has 0 aromatic heterocycles. The molecule has 0 radical (unpaired) electrons. The first-order chi connectivity index (χ1) is 10.1. The van der Waals surface area contributed by atoms with Crippen LogP contribution in [0.3, 0.4) is 0 Å². The number of aliphatic hydroxyl groups is 1. The number of hydrogen-bond donors (Lipinski definition) is 2. The summed E-state index contributed by atoms with van der Waals surface area (Å²) >= 11 is 3.47. The van der Waals surface area contributed by atoms with Crippen molar-refractivity contribution in [1.82, 2.24) is 5.32 Å². The van der Waals surface area contributed by atoms with Gasteiger partial charge in [0.1, 0.15) is 18.5 Å². The summed E-state index contributed by atoms with van der Waals surface area (Å²) in [5, 5.41) is 13.4. The predicted molar refractivity (Wildman–Crippen MR) is 86.8 cm³/mol. The van der Waals surface area contributed by atoms with Gasteiger partial charge in [-0.25, -0.2) is 0 Å². The Kier molecular flexibility index (Phi) is 6.48. The third-order valence-electron chi connectivity index (χ3n) is 3.88. The molecule has 1 aliphatic rings. The maximum Gasteiger partial charge on any atom is 0.133 e. The molecule has 3 atom stereocenters. The Bertz CT molecular complexity index is 455. The van der Waals surface area contributed by atoms with Crippen LogP contribution in [0.4, 0.5) is 0 Å². The summed E-state index contributed by atoms with van der Waals surface area (Å²) < 4.78 is 11.9. The molecule has 1 aromatic carbocycles. The van der Waals surface area contributed by atoms with Gasteiger partial charge in [0, 0.05) is 19.7 Å². The average Bonchev–Trinajstić information content (AvgIpc) is 2.92. The van der Waals surface area contributed by atoms with E-state index in [1.54, 1.807) is 7.11 Å². The van der Waals surface area contributed by atoms with Crippen molar-refractivity contribution >= 4 is 15.9 Å². The van der Waals surface area contributed by atoms with Crippen molar-refractivity contribution in [2.45, 2.75) is 44.4 Å². The lowest BCUT2D eigenvalue weighted by Crippen LogP contribution is -2.37. The largest absolute Gasteiger partial charge is 0.490 e. The smallest absolute Gasteiger partial charge is 0.133 e. The van der Waals surface area contributed by atoms with Crippen LogP contribution in [-0.4, -0.2) is 43.6 Å². The highest BCUT2D eigenvalue weighted by molar-refractivity contribution is 9.10. The summed E-state index contributed by atoms with van der Waals surface area (Å²) in [6, 6.07) is 6.35. The molecule has 1 aliphatic carbocycles. The monoisotopic (exact) mass is 357 g/mol. The predicted octanol–water partition coefficient (Wildman–Crippen LogP) is 2.65. The van der Waals surface area contributed by atoms with E-state index < -0.39 is 6.10 Å². The quantitative estimate of drug-likeness (QED) is 0.787. The van der Waals surface area contributed by atoms with Gasteiger partial charge in [0.05, 0.1) is 10.6 Å². The van der Waals surface area contributed by atoms with Gasteiger partial charge < -0.3 is 19.9 Å². The summed E-state index contributed by atoms with van der Waals surface area (Å²) in [5.41, 5.74) is 1.17. The van der Waals surface area contributed by atoms with Crippen molar-refractivity contribution in [3.8, 4) is 5.75 Å². The fourth-order valence-electron chi connectivity index (χ4n) is 2.61. The van der Waals surface area contributed by atoms with Crippen molar-refractivity contribution in [2.24, 2.45) is 0 Å². The van der Waals surface area contributed by atoms with E-state index in [2.05, 4.69) is 21.2 Å². The second-order valence-electron chi connectivity index (χ2n) is 5.67. The molecule has 1 fully saturated rings. The molecule has 0 heterocycles. The maximum atomic E-state index is 10.0. The highest BCUT2D eigenvalue weighted by Crippen LogP contribution is 2.26. The van der Waals surface area contributed by atoms with Gasteiger partial charge in [0.2, 0.25) is 0 Å². The number of methoxy groups -OCH3 is 1. The van der Waals surface area contributed by atoms with Gasteiger partial charge >= 0.3 is 0 Å². The molecule has 1 saturated carbocycles. The van der Waals surface area contributed by atoms with Crippen molar-refractivity contribution in [3.63, 3.8) is 0 Å². The van der Waals surface area contributed by atoms with Crippen LogP contribution in [0.15, 0.2) is 22.7 Å². The van der Waals surface area contributed by atoms with E-state index in [4.69, 9.17) is 9.47 Å². The minimum atomic E-state index is -0.514. The molecule has 0 saturated heterocycles. The highest BCUT2D eigenvalue weighted by Gasteiger charge is 2.24. The molecular formula is C16H24BrNO3. The molecule has 5 heteroatoms. The van der Waals surface area contributed by atoms with E-state index in [1.807, 2.05) is 25.1 Å². The molecule has 4 nitrogen and oxygen atoms in total. The van der Waals surface area contributed by atoms with Gasteiger partial charge in [-0.05, 0) is 59.8 Å². The summed E-state index contributed by atoms with van der Waals surface area (Å²) in [4.78, 5) is 0. The van der Waals surface area contributed by atoms with Gasteiger partial charge in [-0.3, -0.25) is 0 Å². The number of halogens is 1. The summed E-state index contributed by atoms with van der Waals surface area (Å²) in [7, 11) is 1.76. The van der Waals surface area contributed by atoms with Crippen LogP contribution >= 0.6 is 15.9 Å². The highest BCUT2D eigenvalue weighted by atomic mass is 79.9. The Balaban J connectivity index is 1.69. The first-order valence-corrected chi connectivity index (χ1v) is 8.21. The fraction of sp³-hybridized carbons (Fsp3) is 0.625. The van der Waals surface area contributed by atoms with Crippen molar-refractivity contribution in [2.75, 3.05) is 20.3 Å². The first kappa shape index (κ1) is 16.7. The summed E-state index contributed by atoms with van der Waals surface area (Å²) in [5.74, 6) is 0.764. The number of rotatable bonds is 7. The standard InChI is InChI=1S/C16H24BrNO3/c1-11-3-6-16(15(17)7-11)21-10-13(19)9-18-12-4-5-14(8-12)20-2/h3,6-7,12-14,18-19H,4-5,8-10H2,1-2H3. The Morgan fingerprint density at radius 2 is 2.24 bits per heavy atom. The lowest BCUT2D eigenvalue weighted by molar-refractivity contribution is 0.0964. The minimum absolute atomic E-state index is 0.287. The molecular weight excluding hydrogens is 334 g/mol. The van der Waals surface area contributed by atoms with Crippen LogP contribution in [0, 0.1) is 6.92 Å². The van der Waals surface area contributed by atoms with Crippen molar-refractivity contribution in [3.05, 3.63) is 28.2 Å². The number of benzene rings is 1. The summed E-state index contributed by atoms with van der Waals surface area (Å²) in [6.07, 6.45) is 3.07. The molecule has 0 bridgehead atoms. The molecule has 118 valence electrons. The second kappa shape index (κ2) is 8.13. The molecule has 2 N–H and O–H groups in total. The lowest BCUT2D eigenvalue weighted by Gasteiger charge is -2.17. The number of aliphatic hydroxyl groups excluding tert-OH is 1. The fourth-order valence-corrected chi connectivity index (χ4v) is 3.22. The van der Waals surface area contributed by atoms with Crippen LogP contribution in [-0.2, 0) is 4.74 Å². The average molecular weight is 358 g/mol. The summed E-state index contributed by atoms with van der Waals surface area (Å²) in [6.45, 7) is 2.86. The van der Waals surface area contributed by atoms with E-state index in [-0.39, 0.29) is 6.61 Å². The molecule has 0 amide bonds. The van der Waals surface area contributed by atoms with Crippen LogP contribution < -0.4 is 10.1 Å². The zero-order chi connectivity index (χ0) is 15.2. The van der Waals surface area contributed by atoms with Crippen molar-refractivity contribution < 1.29 is 14.6 Å². The van der Waals surface area contributed by atoms with Gasteiger partial charge in [-0.1, -0.05) is 6.07 Å². The van der Waals surface area contributed by atoms with Crippen LogP contribution in [0.25, 0.3) is 0 Å². The molecule has 3 unspecified atom stereocenters. The Hall–Kier alpha value is -0.620. The number of nitrogens with one attached hydrogen (secondary N) is 1. The van der Waals surface area contributed by atoms with Gasteiger partial charge in [0.15, 0.2) is 0 Å². The number of aryl methyl sites for hydroxylation is 1. The van der Waals surface area contributed by atoms with E-state index in [0.29, 0.717) is 18.7 Å². The second-order valence-corrected chi connectivity index (χ2v) is 6.53. The molecule has 21 heavy (non-hydrogen) atoms. The third kappa shape index (κ3) is 5.25. The molecule has 0 aliphatic heterocycles. The SMILES string of the molecule is COC1CCC(NCC(O)COc2ccc(C)cc2Br)C1. The van der Waals surface area contributed by atoms with Gasteiger partial charge in [-0.2, -0.15) is 0 Å². The zero-order valence-electron chi connectivity index (χ0n) is 12.6. The molecule has 2 rings (SSSR count). The maximum absolute atomic E-state index is 10.0. The number of ether oxygens (including phenoxy) is 2. The van der Waals surface area contributed by atoms with Crippen LogP contribution in [0.2, 0.25) is 0 Å². The Labute approximate surface area is 135 Å². The van der Waals surface area contributed by atoms with E-state index in [0.717, 1.165) is 29.5 Å². The molecule has 1 aromatic rings. The zero-order valence-corrected chi connectivity index (χ0v) is 14.2. The van der Waals surface area contributed by atoms with E-state index >= 15 is 0 Å². The van der Waals surface area contributed by atoms with Gasteiger partial charge in [-0.15, -0.1) is 0 Å². The Morgan fingerprint density at radius 3 is 2.90 bits per heavy atom. The first-order valence-electron chi connectivity index (χ1n) is 7.41. The van der Waals surface area contributed by atoms with Crippen molar-refractivity contribution in [1.29, 1.82) is 0 Å². The number of hydrogen-bond acceptors (Lipinski definition) is 4. The minimum Gasteiger partial charge on any atom is -0.490 e. The van der Waals surface area contributed by atoms with E-state index in [1.165, 1.54) is 5.56 Å². The normalized spacial score (nSPS) is 23.2. The topological polar surface area (TPSA) is 50.7 Å². The Morgan fingerprint density at radius 1 is 1.43 bits per heavy atom. The van der Waals surface area contributed by atoms with E-state index in [9.17, 15) is 5.11 Å². The lowest BCUT2D eigenvalue weighted by atomic mass is 10.2. The van der Waals surface area contributed by atoms with Crippen LogP contribution in [0.5, 0.6) is 5.75 Å². The van der Waals surface area contributed by atoms with Crippen LogP contribution in [0.1, 0.15) is 24.8 Å². The van der Waals surface area contributed by atoms with Gasteiger partial charge in [0.25, 0.3) is 0 Å². The molecule has 0 spiro atoms. The third-order valence-corrected chi connectivity index (χ3v) is 4.50.